The second-order valence-corrected chi connectivity index (χ2v) is 8.57. The molecule has 3 nitrogen and oxygen atoms in total. The van der Waals surface area contributed by atoms with Crippen LogP contribution in [0.5, 0.6) is 0 Å². The van der Waals surface area contributed by atoms with Crippen LogP contribution >= 0.6 is 0 Å². The normalized spacial score (nSPS) is 16.0. The van der Waals surface area contributed by atoms with Crippen LogP contribution in [0.4, 0.5) is 13.6 Å². The van der Waals surface area contributed by atoms with Crippen molar-refractivity contribution in [2.24, 2.45) is 11.3 Å². The number of halogens is 2. The van der Waals surface area contributed by atoms with Crippen molar-refractivity contribution in [1.82, 2.24) is 4.90 Å². The van der Waals surface area contributed by atoms with E-state index < -0.39 is 17.2 Å². The van der Waals surface area contributed by atoms with Crippen molar-refractivity contribution in [3.05, 3.63) is 35.4 Å². The molecular weight excluding hydrogens is 312 g/mol. The van der Waals surface area contributed by atoms with E-state index >= 15 is 0 Å². The maximum absolute atomic E-state index is 13.3. The number of rotatable bonds is 4. The van der Waals surface area contributed by atoms with Gasteiger partial charge in [-0.3, -0.25) is 0 Å². The van der Waals surface area contributed by atoms with E-state index in [1.807, 2.05) is 20.8 Å². The Hall–Kier alpha value is -1.65. The molecule has 5 heteroatoms. The van der Waals surface area contributed by atoms with Crippen LogP contribution in [0.15, 0.2) is 18.2 Å². The fourth-order valence-electron chi connectivity index (χ4n) is 3.29. The lowest BCUT2D eigenvalue weighted by Crippen LogP contribution is -2.52. The molecule has 1 aromatic carbocycles. The first-order valence-corrected chi connectivity index (χ1v) is 8.36. The minimum atomic E-state index is -0.541. The molecule has 1 aromatic rings. The van der Waals surface area contributed by atoms with Gasteiger partial charge in [0.1, 0.15) is 17.2 Å². The number of nitrogens with zero attached hydrogens (tertiary/aromatic N) is 1. The highest BCUT2D eigenvalue weighted by molar-refractivity contribution is 5.69. The smallest absolute Gasteiger partial charge is 0.410 e. The predicted octanol–water partition coefficient (Wildman–Crippen LogP) is 4.79. The molecule has 0 bridgehead atoms. The second kappa shape index (κ2) is 6.69. The Kier molecular flexibility index (Phi) is 5.21. The molecule has 0 saturated carbocycles. The second-order valence-electron chi connectivity index (χ2n) is 8.57. The molecular formula is C19H27F2NO2. The largest absolute Gasteiger partial charge is 0.444 e. The quantitative estimate of drug-likeness (QED) is 0.789. The maximum atomic E-state index is 13.3. The van der Waals surface area contributed by atoms with Crippen LogP contribution in [0.25, 0.3) is 0 Å². The highest BCUT2D eigenvalue weighted by atomic mass is 19.1. The van der Waals surface area contributed by atoms with Crippen LogP contribution in [-0.4, -0.2) is 29.7 Å². The number of benzene rings is 1. The summed E-state index contributed by atoms with van der Waals surface area (Å²) in [5, 5.41) is 0. The van der Waals surface area contributed by atoms with E-state index in [4.69, 9.17) is 4.74 Å². The summed E-state index contributed by atoms with van der Waals surface area (Å²) in [4.78, 5) is 13.6. The standard InChI is InChI=1S/C19H27F2NO2/c1-18(2,3)24-17(23)22-11-14(12-22)10-19(4,5)9-13-6-15(20)8-16(21)7-13/h6-8,14H,9-12H2,1-5H3. The number of hydrogen-bond donors (Lipinski definition) is 0. The van der Waals surface area contributed by atoms with Crippen LogP contribution < -0.4 is 0 Å². The fraction of sp³-hybridized carbons (Fsp3) is 0.632. The van der Waals surface area contributed by atoms with Gasteiger partial charge >= 0.3 is 6.09 Å². The summed E-state index contributed by atoms with van der Waals surface area (Å²) in [5.74, 6) is -0.688. The molecule has 0 spiro atoms. The van der Waals surface area contributed by atoms with Crippen molar-refractivity contribution < 1.29 is 18.3 Å². The van der Waals surface area contributed by atoms with E-state index in [-0.39, 0.29) is 11.5 Å². The third kappa shape index (κ3) is 5.46. The Bertz CT molecular complexity index is 582. The van der Waals surface area contributed by atoms with Gasteiger partial charge in [-0.15, -0.1) is 0 Å². The van der Waals surface area contributed by atoms with E-state index in [0.29, 0.717) is 31.0 Å². The first-order chi connectivity index (χ1) is 10.9. The lowest BCUT2D eigenvalue weighted by molar-refractivity contribution is -0.00770. The Morgan fingerprint density at radius 2 is 1.67 bits per heavy atom. The summed E-state index contributed by atoms with van der Waals surface area (Å²) >= 11 is 0. The molecule has 1 saturated heterocycles. The maximum Gasteiger partial charge on any atom is 0.410 e. The molecule has 0 aliphatic carbocycles. The molecule has 0 aromatic heterocycles. The average molecular weight is 339 g/mol. The molecule has 1 amide bonds. The number of carbonyl (C=O) groups excluding carboxylic acids is 1. The Morgan fingerprint density at radius 1 is 1.12 bits per heavy atom. The monoisotopic (exact) mass is 339 g/mol. The molecule has 1 heterocycles. The molecule has 134 valence electrons. The van der Waals surface area contributed by atoms with Gasteiger partial charge in [-0.25, -0.2) is 13.6 Å². The molecule has 1 aliphatic heterocycles. The lowest BCUT2D eigenvalue weighted by atomic mass is 9.76. The summed E-state index contributed by atoms with van der Waals surface area (Å²) in [6.07, 6.45) is 1.22. The summed E-state index contributed by atoms with van der Waals surface area (Å²) in [6, 6.07) is 3.67. The van der Waals surface area contributed by atoms with Crippen molar-refractivity contribution in [2.75, 3.05) is 13.1 Å². The van der Waals surface area contributed by atoms with Crippen LogP contribution in [0.1, 0.15) is 46.6 Å². The van der Waals surface area contributed by atoms with E-state index in [2.05, 4.69) is 13.8 Å². The Morgan fingerprint density at radius 3 is 2.17 bits per heavy atom. The van der Waals surface area contributed by atoms with Crippen LogP contribution in [0.3, 0.4) is 0 Å². The molecule has 0 N–H and O–H groups in total. The summed E-state index contributed by atoms with van der Waals surface area (Å²) < 4.78 is 32.0. The van der Waals surface area contributed by atoms with Gasteiger partial charge in [-0.05, 0) is 62.6 Å². The zero-order chi connectivity index (χ0) is 18.1. The molecule has 2 rings (SSSR count). The Balaban J connectivity index is 1.84. The summed E-state index contributed by atoms with van der Waals surface area (Å²) in [7, 11) is 0. The van der Waals surface area contributed by atoms with Gasteiger partial charge < -0.3 is 9.64 Å². The first kappa shape index (κ1) is 18.7. The third-order valence-corrected chi connectivity index (χ3v) is 4.06. The number of ether oxygens (including phenoxy) is 1. The minimum Gasteiger partial charge on any atom is -0.444 e. The van der Waals surface area contributed by atoms with Crippen molar-refractivity contribution in [2.45, 2.75) is 53.1 Å². The van der Waals surface area contributed by atoms with Gasteiger partial charge in [0.25, 0.3) is 0 Å². The van der Waals surface area contributed by atoms with Crippen LogP contribution in [0, 0.1) is 23.0 Å². The number of hydrogen-bond acceptors (Lipinski definition) is 2. The highest BCUT2D eigenvalue weighted by Gasteiger charge is 2.36. The fourth-order valence-corrected chi connectivity index (χ4v) is 3.29. The van der Waals surface area contributed by atoms with E-state index in [1.165, 1.54) is 12.1 Å². The third-order valence-electron chi connectivity index (χ3n) is 4.06. The SMILES string of the molecule is CC(C)(Cc1cc(F)cc(F)c1)CC1CN(C(=O)OC(C)(C)C)C1. The van der Waals surface area contributed by atoms with E-state index in [9.17, 15) is 13.6 Å². The van der Waals surface area contributed by atoms with Crippen LogP contribution in [-0.2, 0) is 11.2 Å². The van der Waals surface area contributed by atoms with Crippen molar-refractivity contribution >= 4 is 6.09 Å². The molecule has 0 radical (unpaired) electrons. The molecule has 1 fully saturated rings. The zero-order valence-corrected chi connectivity index (χ0v) is 15.2. The van der Waals surface area contributed by atoms with Gasteiger partial charge in [0.2, 0.25) is 0 Å². The number of carbonyl (C=O) groups is 1. The number of amides is 1. The van der Waals surface area contributed by atoms with Gasteiger partial charge in [0.05, 0.1) is 0 Å². The topological polar surface area (TPSA) is 29.5 Å². The average Bonchev–Trinajstić information content (AvgIpc) is 2.28. The van der Waals surface area contributed by atoms with Gasteiger partial charge in [0, 0.05) is 19.2 Å². The number of likely N-dealkylation sites (tertiary alicyclic amines) is 1. The van der Waals surface area contributed by atoms with Gasteiger partial charge in [-0.2, -0.15) is 0 Å². The first-order valence-electron chi connectivity index (χ1n) is 8.36. The lowest BCUT2D eigenvalue weighted by Gasteiger charge is -2.43. The van der Waals surface area contributed by atoms with E-state index in [0.717, 1.165) is 12.5 Å². The summed E-state index contributed by atoms with van der Waals surface area (Å²) in [6.45, 7) is 11.1. The minimum absolute atomic E-state index is 0.0923. The molecule has 24 heavy (non-hydrogen) atoms. The molecule has 1 aliphatic rings. The molecule has 0 atom stereocenters. The summed E-state index contributed by atoms with van der Waals surface area (Å²) in [5.41, 5.74) is 0.0919. The molecule has 0 unspecified atom stereocenters. The van der Waals surface area contributed by atoms with Crippen LogP contribution in [0.2, 0.25) is 0 Å². The van der Waals surface area contributed by atoms with E-state index in [1.54, 1.807) is 4.90 Å². The van der Waals surface area contributed by atoms with Gasteiger partial charge in [-0.1, -0.05) is 13.8 Å². The highest BCUT2D eigenvalue weighted by Crippen LogP contribution is 2.34. The Labute approximate surface area is 143 Å². The van der Waals surface area contributed by atoms with Crippen molar-refractivity contribution in [3.63, 3.8) is 0 Å². The van der Waals surface area contributed by atoms with Crippen molar-refractivity contribution in [3.8, 4) is 0 Å². The zero-order valence-electron chi connectivity index (χ0n) is 15.2. The van der Waals surface area contributed by atoms with Crippen molar-refractivity contribution in [1.29, 1.82) is 0 Å². The van der Waals surface area contributed by atoms with Gasteiger partial charge in [0.15, 0.2) is 0 Å². The predicted molar refractivity (Wildman–Crippen MR) is 89.8 cm³/mol.